The summed E-state index contributed by atoms with van der Waals surface area (Å²) in [6.45, 7) is 0.595. The number of esters is 1. The molecule has 2 saturated carbocycles. The standard InChI is InChI=1S/C10H14O3/c11-8-4-7-3-6(8)5-10(7)1-2-13-9(10)12/h6-8,11H,1-5H2. The largest absolute Gasteiger partial charge is 0.465 e. The fourth-order valence-corrected chi connectivity index (χ4v) is 3.54. The number of rotatable bonds is 0. The van der Waals surface area contributed by atoms with Crippen molar-refractivity contribution in [2.24, 2.45) is 17.3 Å². The molecule has 3 aliphatic rings. The number of aliphatic hydroxyl groups excluding tert-OH is 1. The Bertz CT molecular complexity index is 261. The molecule has 1 saturated heterocycles. The zero-order valence-corrected chi connectivity index (χ0v) is 7.53. The number of cyclic esters (lactones) is 1. The molecule has 3 rings (SSSR count). The molecular formula is C10H14O3. The van der Waals surface area contributed by atoms with Gasteiger partial charge in [0.1, 0.15) is 0 Å². The molecule has 4 atom stereocenters. The third kappa shape index (κ3) is 0.810. The minimum atomic E-state index is -0.177. The molecule has 1 spiro atoms. The van der Waals surface area contributed by atoms with Crippen molar-refractivity contribution >= 4 is 5.97 Å². The Kier molecular flexibility index (Phi) is 1.36. The van der Waals surface area contributed by atoms with Crippen molar-refractivity contribution in [3.05, 3.63) is 0 Å². The van der Waals surface area contributed by atoms with Crippen LogP contribution in [0.3, 0.4) is 0 Å². The molecule has 2 aliphatic carbocycles. The molecule has 0 aromatic carbocycles. The van der Waals surface area contributed by atoms with Gasteiger partial charge in [-0.1, -0.05) is 0 Å². The molecule has 1 N–H and O–H groups in total. The van der Waals surface area contributed by atoms with Gasteiger partial charge >= 0.3 is 5.97 Å². The number of fused-ring (bicyclic) bond motifs is 3. The summed E-state index contributed by atoms with van der Waals surface area (Å²) in [5.74, 6) is 0.782. The van der Waals surface area contributed by atoms with E-state index in [4.69, 9.17) is 4.74 Å². The van der Waals surface area contributed by atoms with Crippen LogP contribution in [0.5, 0.6) is 0 Å². The fraction of sp³-hybridized carbons (Fsp3) is 0.900. The average Bonchev–Trinajstić information content (AvgIpc) is 2.70. The Morgan fingerprint density at radius 2 is 2.31 bits per heavy atom. The Morgan fingerprint density at radius 3 is 2.77 bits per heavy atom. The summed E-state index contributed by atoms with van der Waals surface area (Å²) in [5.41, 5.74) is -0.177. The molecule has 1 heterocycles. The van der Waals surface area contributed by atoms with Crippen LogP contribution in [0.2, 0.25) is 0 Å². The van der Waals surface area contributed by atoms with E-state index < -0.39 is 0 Å². The highest BCUT2D eigenvalue weighted by molar-refractivity contribution is 5.79. The minimum Gasteiger partial charge on any atom is -0.465 e. The predicted molar refractivity (Wildman–Crippen MR) is 44.8 cm³/mol. The van der Waals surface area contributed by atoms with Gasteiger partial charge in [0.2, 0.25) is 0 Å². The number of carbonyl (C=O) groups is 1. The van der Waals surface area contributed by atoms with E-state index >= 15 is 0 Å². The van der Waals surface area contributed by atoms with E-state index in [-0.39, 0.29) is 17.5 Å². The molecule has 0 radical (unpaired) electrons. The molecule has 3 nitrogen and oxygen atoms in total. The summed E-state index contributed by atoms with van der Waals surface area (Å²) in [7, 11) is 0. The van der Waals surface area contributed by atoms with Gasteiger partial charge in [0.05, 0.1) is 18.1 Å². The predicted octanol–water partition coefficient (Wildman–Crippen LogP) is 0.710. The van der Waals surface area contributed by atoms with Gasteiger partial charge in [-0.2, -0.15) is 0 Å². The molecule has 3 fully saturated rings. The van der Waals surface area contributed by atoms with Gasteiger partial charge in [0.25, 0.3) is 0 Å². The third-order valence-electron chi connectivity index (χ3n) is 4.25. The van der Waals surface area contributed by atoms with Crippen LogP contribution in [-0.4, -0.2) is 23.8 Å². The van der Waals surface area contributed by atoms with Gasteiger partial charge in [0, 0.05) is 0 Å². The number of aliphatic hydroxyl groups is 1. The molecular weight excluding hydrogens is 168 g/mol. The van der Waals surface area contributed by atoms with Crippen molar-refractivity contribution in [3.63, 3.8) is 0 Å². The smallest absolute Gasteiger partial charge is 0.312 e. The van der Waals surface area contributed by atoms with Crippen molar-refractivity contribution in [1.29, 1.82) is 0 Å². The monoisotopic (exact) mass is 182 g/mol. The van der Waals surface area contributed by atoms with Crippen LogP contribution in [-0.2, 0) is 9.53 Å². The Labute approximate surface area is 77.1 Å². The molecule has 0 aromatic rings. The minimum absolute atomic E-state index is 0.00639. The van der Waals surface area contributed by atoms with Gasteiger partial charge in [-0.3, -0.25) is 4.79 Å². The summed E-state index contributed by atoms with van der Waals surface area (Å²) in [4.78, 5) is 11.6. The molecule has 3 heteroatoms. The first-order valence-electron chi connectivity index (χ1n) is 5.08. The first kappa shape index (κ1) is 7.80. The van der Waals surface area contributed by atoms with Crippen LogP contribution in [0, 0.1) is 17.3 Å². The number of hydrogen-bond donors (Lipinski definition) is 1. The number of carbonyl (C=O) groups excluding carboxylic acids is 1. The molecule has 4 unspecified atom stereocenters. The zero-order chi connectivity index (χ0) is 9.05. The van der Waals surface area contributed by atoms with Crippen LogP contribution in [0.4, 0.5) is 0 Å². The summed E-state index contributed by atoms with van der Waals surface area (Å²) in [6.07, 6.45) is 3.47. The Balaban J connectivity index is 1.92. The van der Waals surface area contributed by atoms with E-state index in [1.807, 2.05) is 0 Å². The Hall–Kier alpha value is -0.570. The van der Waals surface area contributed by atoms with Crippen molar-refractivity contribution in [2.75, 3.05) is 6.61 Å². The van der Waals surface area contributed by atoms with E-state index in [0.717, 1.165) is 25.7 Å². The molecule has 2 bridgehead atoms. The SMILES string of the molecule is O=C1OCCC12CC1CC2CC1O. The maximum absolute atomic E-state index is 11.6. The summed E-state index contributed by atoms with van der Waals surface area (Å²) < 4.78 is 5.06. The van der Waals surface area contributed by atoms with Crippen molar-refractivity contribution in [3.8, 4) is 0 Å². The van der Waals surface area contributed by atoms with Gasteiger partial charge in [-0.15, -0.1) is 0 Å². The highest BCUT2D eigenvalue weighted by atomic mass is 16.5. The third-order valence-corrected chi connectivity index (χ3v) is 4.25. The fourth-order valence-electron chi connectivity index (χ4n) is 3.54. The van der Waals surface area contributed by atoms with Crippen LogP contribution >= 0.6 is 0 Å². The molecule has 13 heavy (non-hydrogen) atoms. The molecule has 0 aromatic heterocycles. The van der Waals surface area contributed by atoms with Gasteiger partial charge in [-0.25, -0.2) is 0 Å². The maximum atomic E-state index is 11.6. The lowest BCUT2D eigenvalue weighted by Gasteiger charge is -2.31. The van der Waals surface area contributed by atoms with Gasteiger partial charge in [0.15, 0.2) is 0 Å². The zero-order valence-electron chi connectivity index (χ0n) is 7.53. The van der Waals surface area contributed by atoms with E-state index in [2.05, 4.69) is 0 Å². The first-order chi connectivity index (χ1) is 6.22. The van der Waals surface area contributed by atoms with E-state index in [0.29, 0.717) is 18.4 Å². The van der Waals surface area contributed by atoms with Crippen molar-refractivity contribution in [1.82, 2.24) is 0 Å². The summed E-state index contributed by atoms with van der Waals surface area (Å²) >= 11 is 0. The lowest BCUT2D eigenvalue weighted by Crippen LogP contribution is -2.36. The molecule has 72 valence electrons. The topological polar surface area (TPSA) is 46.5 Å². The second-order valence-electron chi connectivity index (χ2n) is 4.74. The molecule has 1 aliphatic heterocycles. The van der Waals surface area contributed by atoms with Crippen LogP contribution < -0.4 is 0 Å². The van der Waals surface area contributed by atoms with E-state index in [1.165, 1.54) is 0 Å². The lowest BCUT2D eigenvalue weighted by atomic mass is 9.71. The summed E-state index contributed by atoms with van der Waals surface area (Å²) in [6, 6.07) is 0. The Morgan fingerprint density at radius 1 is 1.46 bits per heavy atom. The van der Waals surface area contributed by atoms with Crippen LogP contribution in [0.1, 0.15) is 25.7 Å². The number of ether oxygens (including phenoxy) is 1. The van der Waals surface area contributed by atoms with Gasteiger partial charge in [-0.05, 0) is 37.5 Å². The highest BCUT2D eigenvalue weighted by Crippen LogP contribution is 2.59. The second kappa shape index (κ2) is 2.27. The van der Waals surface area contributed by atoms with Gasteiger partial charge < -0.3 is 9.84 Å². The normalized spacial score (nSPS) is 53.3. The number of hydrogen-bond acceptors (Lipinski definition) is 3. The summed E-state index contributed by atoms with van der Waals surface area (Å²) in [5, 5.41) is 9.60. The average molecular weight is 182 g/mol. The van der Waals surface area contributed by atoms with Crippen LogP contribution in [0.15, 0.2) is 0 Å². The second-order valence-corrected chi connectivity index (χ2v) is 4.74. The highest BCUT2D eigenvalue weighted by Gasteiger charge is 2.61. The molecule has 0 amide bonds. The quantitative estimate of drug-likeness (QED) is 0.561. The van der Waals surface area contributed by atoms with Crippen molar-refractivity contribution in [2.45, 2.75) is 31.8 Å². The maximum Gasteiger partial charge on any atom is 0.312 e. The van der Waals surface area contributed by atoms with Crippen molar-refractivity contribution < 1.29 is 14.6 Å². The van der Waals surface area contributed by atoms with E-state index in [1.54, 1.807) is 0 Å². The lowest BCUT2D eigenvalue weighted by molar-refractivity contribution is -0.149. The first-order valence-corrected chi connectivity index (χ1v) is 5.08. The van der Waals surface area contributed by atoms with Crippen LogP contribution in [0.25, 0.3) is 0 Å². The van der Waals surface area contributed by atoms with E-state index in [9.17, 15) is 9.90 Å².